The molecule has 0 radical (unpaired) electrons. The van der Waals surface area contributed by atoms with Gasteiger partial charge >= 0.3 is 0 Å². The Morgan fingerprint density at radius 3 is 1.58 bits per heavy atom. The van der Waals surface area contributed by atoms with Crippen LogP contribution in [0, 0.1) is 0 Å². The number of anilines is 2. The molecule has 0 unspecified atom stereocenters. The van der Waals surface area contributed by atoms with Gasteiger partial charge in [0.2, 0.25) is 11.8 Å². The molecule has 2 aromatic rings. The summed E-state index contributed by atoms with van der Waals surface area (Å²) in [6, 6.07) is 15.2. The Labute approximate surface area is 186 Å². The Balaban J connectivity index is 1.72. The molecule has 166 valence electrons. The first-order chi connectivity index (χ1) is 15.2. The molecule has 0 spiro atoms. The van der Waals surface area contributed by atoms with E-state index in [1.807, 2.05) is 48.5 Å². The molecule has 0 aromatic heterocycles. The summed E-state index contributed by atoms with van der Waals surface area (Å²) in [6.45, 7) is 3.50. The fourth-order valence-corrected chi connectivity index (χ4v) is 3.83. The van der Waals surface area contributed by atoms with Crippen molar-refractivity contribution in [1.82, 2.24) is 10.6 Å². The van der Waals surface area contributed by atoms with Crippen LogP contribution in [0.25, 0.3) is 0 Å². The van der Waals surface area contributed by atoms with Gasteiger partial charge in [0, 0.05) is 22.9 Å². The number of rotatable bonds is 0. The second kappa shape index (κ2) is 13.1. The maximum absolute atomic E-state index is 12.3. The van der Waals surface area contributed by atoms with Crippen LogP contribution in [0.2, 0.25) is 0 Å². The predicted octanol–water partition coefficient (Wildman–Crippen LogP) is 1.94. The largest absolute Gasteiger partial charge is 0.378 e. The maximum atomic E-state index is 12.3. The van der Waals surface area contributed by atoms with Gasteiger partial charge in [-0.2, -0.15) is 0 Å². The van der Waals surface area contributed by atoms with Gasteiger partial charge in [0.1, 0.15) is 0 Å². The molecule has 0 saturated carbocycles. The lowest BCUT2D eigenvalue weighted by Crippen LogP contribution is -2.31. The minimum Gasteiger partial charge on any atom is -0.378 e. The lowest BCUT2D eigenvalue weighted by atomic mass is 10.3. The number of amides is 2. The number of hydrogen-bond donors (Lipinski definition) is 4. The molecule has 0 atom stereocenters. The summed E-state index contributed by atoms with van der Waals surface area (Å²) in [5.41, 5.74) is 1.45. The van der Waals surface area contributed by atoms with Gasteiger partial charge in [-0.05, 0) is 24.3 Å². The van der Waals surface area contributed by atoms with Gasteiger partial charge in [-0.25, -0.2) is 0 Å². The fraction of sp³-hybridized carbons (Fsp3) is 0.364. The SMILES string of the molecule is O=C1CNCCOCCOCCNCC(=O)Nc2ccccc2Sc2ccccc2N1. The molecular formula is C22H28N4O4S. The van der Waals surface area contributed by atoms with Gasteiger partial charge in [0.25, 0.3) is 0 Å². The first-order valence-corrected chi connectivity index (χ1v) is 11.1. The number of carbonyl (C=O) groups excluding carboxylic acids is 2. The Hall–Kier alpha value is -2.43. The van der Waals surface area contributed by atoms with E-state index in [9.17, 15) is 9.59 Å². The highest BCUT2D eigenvalue weighted by Gasteiger charge is 2.12. The highest BCUT2D eigenvalue weighted by atomic mass is 32.2. The quantitative estimate of drug-likeness (QED) is 0.493. The summed E-state index contributed by atoms with van der Waals surface area (Å²) in [6.07, 6.45) is 0. The molecule has 31 heavy (non-hydrogen) atoms. The zero-order valence-corrected chi connectivity index (χ0v) is 18.1. The van der Waals surface area contributed by atoms with E-state index in [-0.39, 0.29) is 24.9 Å². The molecule has 9 heteroatoms. The summed E-state index contributed by atoms with van der Waals surface area (Å²) >= 11 is 1.49. The lowest BCUT2D eigenvalue weighted by Gasteiger charge is -2.14. The van der Waals surface area contributed by atoms with Crippen LogP contribution < -0.4 is 21.3 Å². The fourth-order valence-electron chi connectivity index (χ4n) is 2.84. The molecule has 2 amide bonds. The molecule has 0 bridgehead atoms. The second-order valence-corrected chi connectivity index (χ2v) is 7.85. The third-order valence-electron chi connectivity index (χ3n) is 4.33. The Morgan fingerprint density at radius 2 is 1.10 bits per heavy atom. The summed E-state index contributed by atoms with van der Waals surface area (Å²) in [5, 5.41) is 12.1. The number of ether oxygens (including phenoxy) is 2. The van der Waals surface area contributed by atoms with Crippen LogP contribution >= 0.6 is 11.8 Å². The minimum atomic E-state index is -0.130. The van der Waals surface area contributed by atoms with E-state index < -0.39 is 0 Å². The first kappa shape index (κ1) is 23.2. The average Bonchev–Trinajstić information content (AvgIpc) is 2.76. The number of nitrogens with one attached hydrogen (secondary N) is 4. The zero-order valence-electron chi connectivity index (χ0n) is 17.3. The van der Waals surface area contributed by atoms with Gasteiger partial charge in [0.15, 0.2) is 0 Å². The van der Waals surface area contributed by atoms with Crippen LogP contribution in [-0.2, 0) is 19.1 Å². The topological polar surface area (TPSA) is 101 Å². The number of fused-ring (bicyclic) bond motifs is 2. The van der Waals surface area contributed by atoms with Crippen molar-refractivity contribution in [2.75, 3.05) is 63.2 Å². The summed E-state index contributed by atoms with van der Waals surface area (Å²) in [4.78, 5) is 26.5. The van der Waals surface area contributed by atoms with E-state index >= 15 is 0 Å². The number of carbonyl (C=O) groups is 2. The summed E-state index contributed by atoms with van der Waals surface area (Å²) in [5.74, 6) is -0.259. The van der Waals surface area contributed by atoms with Crippen molar-refractivity contribution in [3.8, 4) is 0 Å². The lowest BCUT2D eigenvalue weighted by molar-refractivity contribution is -0.116. The Morgan fingerprint density at radius 1 is 0.645 bits per heavy atom. The van der Waals surface area contributed by atoms with Crippen molar-refractivity contribution in [3.63, 3.8) is 0 Å². The molecule has 0 saturated heterocycles. The summed E-state index contributed by atoms with van der Waals surface area (Å²) < 4.78 is 10.9. The Bertz CT molecular complexity index is 795. The van der Waals surface area contributed by atoms with Crippen LogP contribution in [0.3, 0.4) is 0 Å². The first-order valence-electron chi connectivity index (χ1n) is 10.2. The van der Waals surface area contributed by atoms with E-state index in [2.05, 4.69) is 21.3 Å². The summed E-state index contributed by atoms with van der Waals surface area (Å²) in [7, 11) is 0. The van der Waals surface area contributed by atoms with Crippen LogP contribution in [0.1, 0.15) is 0 Å². The van der Waals surface area contributed by atoms with Gasteiger partial charge in [0.05, 0.1) is 50.9 Å². The average molecular weight is 445 g/mol. The van der Waals surface area contributed by atoms with Gasteiger partial charge in [-0.15, -0.1) is 0 Å². The van der Waals surface area contributed by atoms with E-state index in [0.717, 1.165) is 21.2 Å². The molecule has 1 aliphatic rings. The second-order valence-electron chi connectivity index (χ2n) is 6.77. The molecular weight excluding hydrogens is 416 g/mol. The third-order valence-corrected chi connectivity index (χ3v) is 5.48. The zero-order chi connectivity index (χ0) is 21.7. The standard InChI is InChI=1S/C22H28N4O4S/c27-21-15-23-9-11-29-13-14-30-12-10-24-16-22(28)26-18-6-2-4-8-20(18)31-19-7-3-1-5-17(19)25-21/h1-8,23-24H,9-16H2,(H,25,27)(H,26,28). The van der Waals surface area contributed by atoms with Crippen LogP contribution in [0.4, 0.5) is 11.4 Å². The van der Waals surface area contributed by atoms with Crippen LogP contribution in [-0.4, -0.2) is 64.4 Å². The Kier molecular flexibility index (Phi) is 9.81. The number of benzene rings is 2. The van der Waals surface area contributed by atoms with Gasteiger partial charge in [-0.1, -0.05) is 36.0 Å². The van der Waals surface area contributed by atoms with Gasteiger partial charge < -0.3 is 30.7 Å². The maximum Gasteiger partial charge on any atom is 0.238 e. The predicted molar refractivity (Wildman–Crippen MR) is 122 cm³/mol. The molecule has 1 aliphatic heterocycles. The van der Waals surface area contributed by atoms with Crippen LogP contribution in [0.5, 0.6) is 0 Å². The molecule has 4 N–H and O–H groups in total. The van der Waals surface area contributed by atoms with Gasteiger partial charge in [-0.3, -0.25) is 9.59 Å². The molecule has 0 aliphatic carbocycles. The van der Waals surface area contributed by atoms with Crippen LogP contribution in [0.15, 0.2) is 58.3 Å². The van der Waals surface area contributed by atoms with Crippen molar-refractivity contribution < 1.29 is 19.1 Å². The minimum absolute atomic E-state index is 0.130. The van der Waals surface area contributed by atoms with Crippen molar-refractivity contribution >= 4 is 35.0 Å². The smallest absolute Gasteiger partial charge is 0.238 e. The highest BCUT2D eigenvalue weighted by Crippen LogP contribution is 2.37. The molecule has 1 heterocycles. The number of hydrogen-bond acceptors (Lipinski definition) is 7. The normalized spacial score (nSPS) is 17.9. The van der Waals surface area contributed by atoms with Crippen molar-refractivity contribution in [1.29, 1.82) is 0 Å². The van der Waals surface area contributed by atoms with Crippen molar-refractivity contribution in [2.45, 2.75) is 9.79 Å². The highest BCUT2D eigenvalue weighted by molar-refractivity contribution is 7.99. The molecule has 3 rings (SSSR count). The monoisotopic (exact) mass is 444 g/mol. The third kappa shape index (κ3) is 8.31. The molecule has 8 nitrogen and oxygen atoms in total. The van der Waals surface area contributed by atoms with E-state index in [4.69, 9.17) is 9.47 Å². The molecule has 2 aromatic carbocycles. The van der Waals surface area contributed by atoms with Crippen molar-refractivity contribution in [2.24, 2.45) is 0 Å². The van der Waals surface area contributed by atoms with Crippen molar-refractivity contribution in [3.05, 3.63) is 48.5 Å². The number of para-hydroxylation sites is 2. The van der Waals surface area contributed by atoms with E-state index in [1.54, 1.807) is 0 Å². The molecule has 0 fully saturated rings. The van der Waals surface area contributed by atoms with E-state index in [0.29, 0.717) is 39.5 Å². The van der Waals surface area contributed by atoms with E-state index in [1.165, 1.54) is 11.8 Å².